The van der Waals surface area contributed by atoms with Crippen molar-refractivity contribution in [2.24, 2.45) is 0 Å². The van der Waals surface area contributed by atoms with Gasteiger partial charge in [0.25, 0.3) is 0 Å². The van der Waals surface area contributed by atoms with Gasteiger partial charge < -0.3 is 9.13 Å². The predicted octanol–water partition coefficient (Wildman–Crippen LogP) is 16.5. The molecule has 0 aliphatic heterocycles. The molecule has 0 aliphatic carbocycles. The van der Waals surface area contributed by atoms with Crippen molar-refractivity contribution in [3.8, 4) is 62.0 Å². The molecule has 0 unspecified atom stereocenters. The number of hydrogen-bond donors (Lipinski definition) is 0. The summed E-state index contributed by atoms with van der Waals surface area (Å²) in [5.74, 6) is 0. The molecule has 0 amide bonds. The molecular formula is C57H33F6N3. The Kier molecular flexibility index (Phi) is 9.45. The quantitative estimate of drug-likeness (QED) is 0.153. The lowest BCUT2D eigenvalue weighted by molar-refractivity contribution is -0.143. The molecule has 9 aromatic carbocycles. The Balaban J connectivity index is 1.24. The molecule has 0 aliphatic rings. The molecule has 0 atom stereocenters. The number of nitriles is 1. The zero-order valence-electron chi connectivity index (χ0n) is 34.7. The Hall–Kier alpha value is -8.35. The summed E-state index contributed by atoms with van der Waals surface area (Å²) in [7, 11) is 0. The van der Waals surface area contributed by atoms with Crippen molar-refractivity contribution in [1.29, 1.82) is 5.26 Å². The third-order valence-corrected chi connectivity index (χ3v) is 12.4. The van der Waals surface area contributed by atoms with E-state index in [4.69, 9.17) is 0 Å². The van der Waals surface area contributed by atoms with E-state index in [1.807, 2.05) is 140 Å². The standard InChI is InChI=1S/C57H33F6N3/c58-56(59,60)42-28-41(29-43(33-42)57(61,62)63)39-24-27-53(65-49-19-9-7-17-44(49)46-30-37(22-25-51(46)65)35-12-3-1-4-13-35)48(32-39)55-40(34-64)16-11-21-54(55)66-50-20-10-8-18-45(50)47-31-38(23-26-52(47)66)36-14-5-2-6-15-36/h1-33H. The number of halogens is 6. The first-order valence-electron chi connectivity index (χ1n) is 21.1. The van der Waals surface area contributed by atoms with Crippen LogP contribution >= 0.6 is 0 Å². The van der Waals surface area contributed by atoms with Crippen molar-refractivity contribution >= 4 is 43.6 Å². The molecule has 11 rings (SSSR count). The molecular weight excluding hydrogens is 841 g/mol. The van der Waals surface area contributed by atoms with Gasteiger partial charge in [-0.25, -0.2) is 0 Å². The van der Waals surface area contributed by atoms with Crippen LogP contribution in [0.25, 0.3) is 99.5 Å². The van der Waals surface area contributed by atoms with Crippen molar-refractivity contribution in [2.75, 3.05) is 0 Å². The lowest BCUT2D eigenvalue weighted by Gasteiger charge is -2.21. The van der Waals surface area contributed by atoms with E-state index >= 15 is 0 Å². The fourth-order valence-electron chi connectivity index (χ4n) is 9.42. The third-order valence-electron chi connectivity index (χ3n) is 12.4. The lowest BCUT2D eigenvalue weighted by atomic mass is 9.91. The summed E-state index contributed by atoms with van der Waals surface area (Å²) in [4.78, 5) is 0. The monoisotopic (exact) mass is 873 g/mol. The highest BCUT2D eigenvalue weighted by atomic mass is 19.4. The number of aromatic nitrogens is 2. The molecule has 2 heterocycles. The third kappa shape index (κ3) is 6.77. The first-order valence-corrected chi connectivity index (χ1v) is 21.1. The first-order chi connectivity index (χ1) is 32.0. The number of para-hydroxylation sites is 2. The van der Waals surface area contributed by atoms with E-state index in [1.165, 1.54) is 0 Å². The second kappa shape index (κ2) is 15.4. The minimum atomic E-state index is -5.06. The highest BCUT2D eigenvalue weighted by Gasteiger charge is 2.37. The van der Waals surface area contributed by atoms with Gasteiger partial charge in [-0.2, -0.15) is 31.6 Å². The largest absolute Gasteiger partial charge is 0.416 e. The number of benzene rings is 9. The van der Waals surface area contributed by atoms with Gasteiger partial charge in [-0.3, -0.25) is 0 Å². The first kappa shape index (κ1) is 40.4. The Bertz CT molecular complexity index is 3710. The van der Waals surface area contributed by atoms with Crippen LogP contribution in [0.3, 0.4) is 0 Å². The molecule has 9 heteroatoms. The van der Waals surface area contributed by atoms with Gasteiger partial charge in [0.05, 0.1) is 56.2 Å². The molecule has 318 valence electrons. The van der Waals surface area contributed by atoms with Gasteiger partial charge in [0.1, 0.15) is 0 Å². The van der Waals surface area contributed by atoms with Gasteiger partial charge in [-0.05, 0) is 112 Å². The van der Waals surface area contributed by atoms with Crippen LogP contribution < -0.4 is 0 Å². The van der Waals surface area contributed by atoms with Gasteiger partial charge >= 0.3 is 12.4 Å². The van der Waals surface area contributed by atoms with E-state index in [-0.39, 0.29) is 22.8 Å². The molecule has 0 radical (unpaired) electrons. The van der Waals surface area contributed by atoms with Gasteiger partial charge in [0, 0.05) is 32.7 Å². The lowest BCUT2D eigenvalue weighted by Crippen LogP contribution is -2.11. The minimum Gasteiger partial charge on any atom is -0.309 e. The van der Waals surface area contributed by atoms with Crippen LogP contribution in [0.1, 0.15) is 16.7 Å². The molecule has 0 saturated heterocycles. The Morgan fingerprint density at radius 2 is 0.803 bits per heavy atom. The number of fused-ring (bicyclic) bond motifs is 6. The summed E-state index contributed by atoms with van der Waals surface area (Å²) < 4.78 is 90.3. The summed E-state index contributed by atoms with van der Waals surface area (Å²) >= 11 is 0. The van der Waals surface area contributed by atoms with Crippen LogP contribution in [-0.2, 0) is 12.4 Å². The molecule has 0 bridgehead atoms. The molecule has 0 fully saturated rings. The molecule has 3 nitrogen and oxygen atoms in total. The summed E-state index contributed by atoms with van der Waals surface area (Å²) in [6.07, 6.45) is -10.1. The molecule has 2 aromatic heterocycles. The number of hydrogen-bond acceptors (Lipinski definition) is 1. The normalized spacial score (nSPS) is 12.1. The zero-order valence-corrected chi connectivity index (χ0v) is 34.7. The van der Waals surface area contributed by atoms with Crippen LogP contribution in [0, 0.1) is 11.3 Å². The van der Waals surface area contributed by atoms with Gasteiger partial charge in [0.15, 0.2) is 0 Å². The Labute approximate surface area is 374 Å². The van der Waals surface area contributed by atoms with Crippen molar-refractivity contribution < 1.29 is 26.3 Å². The summed E-state index contributed by atoms with van der Waals surface area (Å²) in [5.41, 5.74) is 6.62. The maximum absolute atomic E-state index is 14.4. The van der Waals surface area contributed by atoms with Crippen molar-refractivity contribution in [3.63, 3.8) is 0 Å². The zero-order chi connectivity index (χ0) is 45.3. The maximum Gasteiger partial charge on any atom is 0.416 e. The van der Waals surface area contributed by atoms with Crippen molar-refractivity contribution in [3.05, 3.63) is 217 Å². The molecule has 0 N–H and O–H groups in total. The number of rotatable bonds is 6. The highest BCUT2D eigenvalue weighted by molar-refractivity contribution is 6.13. The minimum absolute atomic E-state index is 0.103. The second-order valence-electron chi connectivity index (χ2n) is 16.2. The molecule has 66 heavy (non-hydrogen) atoms. The summed E-state index contributed by atoms with van der Waals surface area (Å²) in [5, 5.41) is 14.8. The summed E-state index contributed by atoms with van der Waals surface area (Å²) in [6, 6.07) is 62.4. The topological polar surface area (TPSA) is 33.6 Å². The SMILES string of the molecule is N#Cc1cccc(-n2c3ccccc3c3cc(-c4ccccc4)ccc32)c1-c1cc(-c2cc(C(F)(F)F)cc(C(F)(F)F)c2)ccc1-n1c2ccccc2c2cc(-c3ccccc3)ccc21. The summed E-state index contributed by atoms with van der Waals surface area (Å²) in [6.45, 7) is 0. The molecule has 0 saturated carbocycles. The highest BCUT2D eigenvalue weighted by Crippen LogP contribution is 2.46. The fourth-order valence-corrected chi connectivity index (χ4v) is 9.42. The van der Waals surface area contributed by atoms with Crippen LogP contribution in [0.15, 0.2) is 200 Å². The predicted molar refractivity (Wildman–Crippen MR) is 252 cm³/mol. The average Bonchev–Trinajstić information content (AvgIpc) is 3.85. The van der Waals surface area contributed by atoms with Crippen LogP contribution in [-0.4, -0.2) is 9.13 Å². The van der Waals surface area contributed by atoms with Crippen LogP contribution in [0.5, 0.6) is 0 Å². The van der Waals surface area contributed by atoms with E-state index < -0.39 is 23.5 Å². The Morgan fingerprint density at radius 3 is 1.32 bits per heavy atom. The van der Waals surface area contributed by atoms with Crippen LogP contribution in [0.2, 0.25) is 0 Å². The number of alkyl halides is 6. The second-order valence-corrected chi connectivity index (χ2v) is 16.2. The van der Waals surface area contributed by atoms with E-state index in [0.29, 0.717) is 22.5 Å². The molecule has 0 spiro atoms. The van der Waals surface area contributed by atoms with Crippen LogP contribution in [0.4, 0.5) is 26.3 Å². The smallest absolute Gasteiger partial charge is 0.309 e. The molecule has 11 aromatic rings. The van der Waals surface area contributed by atoms with E-state index in [0.717, 1.165) is 78.0 Å². The fraction of sp³-hybridized carbons (Fsp3) is 0.0351. The van der Waals surface area contributed by atoms with E-state index in [9.17, 15) is 31.6 Å². The van der Waals surface area contributed by atoms with Crippen molar-refractivity contribution in [1.82, 2.24) is 9.13 Å². The van der Waals surface area contributed by atoms with E-state index in [2.05, 4.69) is 27.3 Å². The Morgan fingerprint density at radius 1 is 0.348 bits per heavy atom. The van der Waals surface area contributed by atoms with Gasteiger partial charge in [-0.1, -0.05) is 121 Å². The van der Waals surface area contributed by atoms with Gasteiger partial charge in [-0.15, -0.1) is 0 Å². The maximum atomic E-state index is 14.4. The van der Waals surface area contributed by atoms with Gasteiger partial charge in [0.2, 0.25) is 0 Å². The van der Waals surface area contributed by atoms with E-state index in [1.54, 1.807) is 30.3 Å². The average molecular weight is 874 g/mol. The van der Waals surface area contributed by atoms with Crippen molar-refractivity contribution in [2.45, 2.75) is 12.4 Å². The number of nitrogens with zero attached hydrogens (tertiary/aromatic N) is 3.